The first-order chi connectivity index (χ1) is 17.5. The smallest absolute Gasteiger partial charge is 0.407 e. The highest BCUT2D eigenvalue weighted by Crippen LogP contribution is 2.31. The average Bonchev–Trinajstić information content (AvgIpc) is 3.30. The average molecular weight is 529 g/mol. The largest absolute Gasteiger partial charge is 0.497 e. The number of hydrogen-bond acceptors (Lipinski definition) is 8. The minimum atomic E-state index is -1.27. The van der Waals surface area contributed by atoms with Gasteiger partial charge in [-0.15, -0.1) is 0 Å². The van der Waals surface area contributed by atoms with Crippen LogP contribution in [-0.4, -0.2) is 59.1 Å². The Labute approximate surface area is 218 Å². The third-order valence-corrected chi connectivity index (χ3v) is 7.18. The number of carboxylic acids is 1. The Morgan fingerprint density at radius 2 is 1.97 bits per heavy atom. The summed E-state index contributed by atoms with van der Waals surface area (Å²) in [4.78, 5) is 43.8. The van der Waals surface area contributed by atoms with Crippen molar-refractivity contribution in [3.63, 3.8) is 0 Å². The summed E-state index contributed by atoms with van der Waals surface area (Å²) in [5.74, 6) is -0.352. The Bertz CT molecular complexity index is 1340. The van der Waals surface area contributed by atoms with Crippen LogP contribution >= 0.6 is 11.3 Å². The summed E-state index contributed by atoms with van der Waals surface area (Å²) in [7, 11) is 1.59. The lowest BCUT2D eigenvalue weighted by Crippen LogP contribution is -2.42. The van der Waals surface area contributed by atoms with Crippen LogP contribution in [0.3, 0.4) is 0 Å². The van der Waals surface area contributed by atoms with E-state index in [0.29, 0.717) is 35.1 Å². The number of benzene rings is 1. The summed E-state index contributed by atoms with van der Waals surface area (Å²) in [5, 5.41) is 13.2. The van der Waals surface area contributed by atoms with E-state index < -0.39 is 23.1 Å². The van der Waals surface area contributed by atoms with Crippen LogP contribution in [0.1, 0.15) is 49.5 Å². The molecule has 10 nitrogen and oxygen atoms in total. The monoisotopic (exact) mass is 528 g/mol. The number of aromatic carboxylic acids is 1. The van der Waals surface area contributed by atoms with Crippen LogP contribution in [0.5, 0.6) is 5.75 Å². The van der Waals surface area contributed by atoms with E-state index in [1.54, 1.807) is 11.7 Å². The number of carboxylic acid groups (broad SMARTS) is 1. The Kier molecular flexibility index (Phi) is 7.72. The second-order valence-corrected chi connectivity index (χ2v) is 11.1. The number of pyridine rings is 1. The zero-order valence-corrected chi connectivity index (χ0v) is 22.3. The lowest BCUT2D eigenvalue weighted by atomic mass is 9.98. The van der Waals surface area contributed by atoms with Crippen molar-refractivity contribution in [3.8, 4) is 5.75 Å². The predicted octanol–water partition coefficient (Wildman–Crippen LogP) is 3.95. The molecule has 198 valence electrons. The molecule has 1 fully saturated rings. The molecule has 1 aliphatic rings. The number of rotatable bonds is 7. The molecule has 0 aliphatic carbocycles. The molecule has 0 bridgehead atoms. The third-order valence-electron chi connectivity index (χ3n) is 6.07. The van der Waals surface area contributed by atoms with Gasteiger partial charge in [0, 0.05) is 32.4 Å². The van der Waals surface area contributed by atoms with Crippen molar-refractivity contribution < 1.29 is 24.2 Å². The molecule has 37 heavy (non-hydrogen) atoms. The van der Waals surface area contributed by atoms with Gasteiger partial charge in [-0.3, -0.25) is 4.79 Å². The number of carbonyl (C=O) groups excluding carboxylic acids is 1. The number of nitrogens with zero attached hydrogens (tertiary/aromatic N) is 3. The summed E-state index contributed by atoms with van der Waals surface area (Å²) in [6.07, 6.45) is 2.78. The number of piperidine rings is 1. The Morgan fingerprint density at radius 3 is 2.62 bits per heavy atom. The molecule has 2 aromatic heterocycles. The number of nitrogens with one attached hydrogen (secondary N) is 1. The number of aromatic nitrogens is 2. The van der Waals surface area contributed by atoms with Crippen LogP contribution in [0.25, 0.3) is 10.3 Å². The molecule has 1 unspecified atom stereocenters. The van der Waals surface area contributed by atoms with Crippen molar-refractivity contribution in [1.82, 2.24) is 14.9 Å². The van der Waals surface area contributed by atoms with Crippen molar-refractivity contribution in [1.29, 1.82) is 0 Å². The van der Waals surface area contributed by atoms with Gasteiger partial charge < -0.3 is 29.4 Å². The van der Waals surface area contributed by atoms with E-state index >= 15 is 0 Å². The maximum absolute atomic E-state index is 13.0. The van der Waals surface area contributed by atoms with E-state index in [4.69, 9.17) is 14.5 Å². The van der Waals surface area contributed by atoms with E-state index in [1.807, 2.05) is 45.0 Å². The van der Waals surface area contributed by atoms with Crippen LogP contribution in [0.2, 0.25) is 0 Å². The molecule has 1 amide bonds. The van der Waals surface area contributed by atoms with Crippen LogP contribution in [0, 0.1) is 5.92 Å². The SMILES string of the molecule is COc1ccc(Cn2cc(C(=O)O)c(=O)c3sc(N4CCCC(CNC(=O)OC(C)(C)C)C4)nc32)cc1. The molecule has 1 aliphatic heterocycles. The van der Waals surface area contributed by atoms with E-state index in [9.17, 15) is 19.5 Å². The standard InChI is InChI=1S/C26H32N4O6S/c1-26(2,3)36-25(34)27-12-17-6-5-11-29(14-17)24-28-22-21(37-24)20(31)19(23(32)33)15-30(22)13-16-7-9-18(35-4)10-8-16/h7-10,15,17H,5-6,11-14H2,1-4H3,(H,27,34)(H,32,33). The second kappa shape index (κ2) is 10.8. The third kappa shape index (κ3) is 6.40. The van der Waals surface area contributed by atoms with Gasteiger partial charge in [0.15, 0.2) is 10.8 Å². The zero-order valence-electron chi connectivity index (χ0n) is 21.4. The number of thiazole rings is 1. The molecular weight excluding hydrogens is 496 g/mol. The van der Waals surface area contributed by atoms with E-state index in [1.165, 1.54) is 17.5 Å². The maximum Gasteiger partial charge on any atom is 0.407 e. The number of alkyl carbamates (subject to hydrolysis) is 1. The predicted molar refractivity (Wildman–Crippen MR) is 142 cm³/mol. The van der Waals surface area contributed by atoms with Crippen LogP contribution in [-0.2, 0) is 11.3 Å². The van der Waals surface area contributed by atoms with Gasteiger partial charge in [0.05, 0.1) is 7.11 Å². The number of hydrogen-bond donors (Lipinski definition) is 2. The highest BCUT2D eigenvalue weighted by Gasteiger charge is 2.26. The summed E-state index contributed by atoms with van der Waals surface area (Å²) in [5.41, 5.74) is 0.00444. The lowest BCUT2D eigenvalue weighted by molar-refractivity contribution is 0.0517. The van der Waals surface area contributed by atoms with Gasteiger partial charge in [0.1, 0.15) is 21.6 Å². The van der Waals surface area contributed by atoms with E-state index in [-0.39, 0.29) is 11.5 Å². The topological polar surface area (TPSA) is 123 Å². The summed E-state index contributed by atoms with van der Waals surface area (Å²) >= 11 is 1.21. The van der Waals surface area contributed by atoms with Gasteiger partial charge >= 0.3 is 12.1 Å². The minimum absolute atomic E-state index is 0.195. The van der Waals surface area contributed by atoms with Gasteiger partial charge in [-0.25, -0.2) is 14.6 Å². The molecular formula is C26H32N4O6S. The number of methoxy groups -OCH3 is 1. The Hall–Kier alpha value is -3.60. The van der Waals surface area contributed by atoms with Crippen molar-refractivity contribution in [3.05, 3.63) is 51.8 Å². The van der Waals surface area contributed by atoms with E-state index in [2.05, 4.69) is 10.2 Å². The fourth-order valence-corrected chi connectivity index (χ4v) is 5.39. The summed E-state index contributed by atoms with van der Waals surface area (Å²) in [6, 6.07) is 7.45. The van der Waals surface area contributed by atoms with Gasteiger partial charge in [-0.1, -0.05) is 23.5 Å². The molecule has 3 aromatic rings. The van der Waals surface area contributed by atoms with Gasteiger partial charge in [0.2, 0.25) is 5.43 Å². The summed E-state index contributed by atoms with van der Waals surface area (Å²) < 4.78 is 12.6. The van der Waals surface area contributed by atoms with Crippen LogP contribution in [0.4, 0.5) is 9.93 Å². The molecule has 2 N–H and O–H groups in total. The molecule has 1 aromatic carbocycles. The first kappa shape index (κ1) is 26.5. The van der Waals surface area contributed by atoms with Crippen molar-refractivity contribution in [2.75, 3.05) is 31.6 Å². The lowest BCUT2D eigenvalue weighted by Gasteiger charge is -2.32. The molecule has 3 heterocycles. The summed E-state index contributed by atoms with van der Waals surface area (Å²) in [6.45, 7) is 7.72. The van der Waals surface area contributed by atoms with Gasteiger partial charge in [-0.05, 0) is 57.2 Å². The first-order valence-corrected chi connectivity index (χ1v) is 13.0. The fraction of sp³-hybridized carbons (Fsp3) is 0.462. The number of amides is 1. The highest BCUT2D eigenvalue weighted by atomic mass is 32.1. The molecule has 1 atom stereocenters. The van der Waals surface area contributed by atoms with Crippen molar-refractivity contribution >= 4 is 38.9 Å². The minimum Gasteiger partial charge on any atom is -0.497 e. The quantitative estimate of drug-likeness (QED) is 0.473. The van der Waals surface area contributed by atoms with Crippen molar-refractivity contribution in [2.45, 2.75) is 45.8 Å². The Balaban J connectivity index is 1.58. The van der Waals surface area contributed by atoms with Crippen molar-refractivity contribution in [2.24, 2.45) is 5.92 Å². The molecule has 4 rings (SSSR count). The molecule has 0 radical (unpaired) electrons. The molecule has 0 spiro atoms. The zero-order chi connectivity index (χ0) is 26.7. The second-order valence-electron chi connectivity index (χ2n) is 10.1. The van der Waals surface area contributed by atoms with Crippen LogP contribution in [0.15, 0.2) is 35.3 Å². The molecule has 0 saturated carbocycles. The number of ether oxygens (including phenoxy) is 2. The number of fused-ring (bicyclic) bond motifs is 1. The van der Waals surface area contributed by atoms with Gasteiger partial charge in [-0.2, -0.15) is 0 Å². The maximum atomic E-state index is 13.0. The molecule has 1 saturated heterocycles. The highest BCUT2D eigenvalue weighted by molar-refractivity contribution is 7.22. The van der Waals surface area contributed by atoms with E-state index in [0.717, 1.165) is 30.7 Å². The number of carbonyl (C=O) groups is 2. The fourth-order valence-electron chi connectivity index (χ4n) is 4.32. The number of anilines is 1. The van der Waals surface area contributed by atoms with Gasteiger partial charge in [0.25, 0.3) is 0 Å². The normalized spacial score (nSPS) is 16.0. The molecule has 11 heteroatoms. The first-order valence-electron chi connectivity index (χ1n) is 12.2. The Morgan fingerprint density at radius 1 is 1.24 bits per heavy atom. The van der Waals surface area contributed by atoms with Crippen LogP contribution < -0.4 is 20.4 Å².